The van der Waals surface area contributed by atoms with Crippen LogP contribution in [0.2, 0.25) is 0 Å². The van der Waals surface area contributed by atoms with E-state index in [9.17, 15) is 9.59 Å². The summed E-state index contributed by atoms with van der Waals surface area (Å²) in [5.41, 5.74) is 5.44. The lowest BCUT2D eigenvalue weighted by Crippen LogP contribution is -2.49. The molecule has 8 nitrogen and oxygen atoms in total. The van der Waals surface area contributed by atoms with E-state index in [1.54, 1.807) is 18.5 Å². The topological polar surface area (TPSA) is 104 Å². The second-order valence-electron chi connectivity index (χ2n) is 6.47. The molecule has 0 bridgehead atoms. The first-order chi connectivity index (χ1) is 12.7. The molecule has 2 amide bonds. The monoisotopic (exact) mass is 362 g/mol. The summed E-state index contributed by atoms with van der Waals surface area (Å²) < 4.78 is 0. The van der Waals surface area contributed by atoms with Gasteiger partial charge in [-0.3, -0.25) is 9.59 Å². The second kappa shape index (κ2) is 11.4. The predicted octanol–water partition coefficient (Wildman–Crippen LogP) is 0.541. The van der Waals surface area contributed by atoms with Crippen LogP contribution in [0.3, 0.4) is 0 Å². The van der Waals surface area contributed by atoms with E-state index in [2.05, 4.69) is 20.2 Å². The number of nitrogens with zero attached hydrogens (tertiary/aromatic N) is 4. The number of amides is 2. The van der Waals surface area contributed by atoms with Crippen molar-refractivity contribution in [3.05, 3.63) is 18.5 Å². The summed E-state index contributed by atoms with van der Waals surface area (Å²) in [4.78, 5) is 36.4. The molecule has 1 saturated heterocycles. The van der Waals surface area contributed by atoms with Gasteiger partial charge in [-0.05, 0) is 25.5 Å². The second-order valence-corrected chi connectivity index (χ2v) is 6.47. The van der Waals surface area contributed by atoms with Gasteiger partial charge in [0.25, 0.3) is 0 Å². The molecule has 0 unspecified atom stereocenters. The molecule has 1 fully saturated rings. The largest absolute Gasteiger partial charge is 0.356 e. The Balaban J connectivity index is 1.57. The van der Waals surface area contributed by atoms with Crippen LogP contribution in [0.5, 0.6) is 0 Å². The number of aromatic nitrogens is 2. The smallest absolute Gasteiger partial charge is 0.225 e. The maximum absolute atomic E-state index is 12.3. The van der Waals surface area contributed by atoms with Crippen molar-refractivity contribution in [3.8, 4) is 0 Å². The molecule has 0 atom stereocenters. The predicted molar refractivity (Wildman–Crippen MR) is 101 cm³/mol. The summed E-state index contributed by atoms with van der Waals surface area (Å²) >= 11 is 0. The average molecular weight is 362 g/mol. The van der Waals surface area contributed by atoms with Gasteiger partial charge in [0, 0.05) is 58.0 Å². The van der Waals surface area contributed by atoms with Crippen molar-refractivity contribution in [2.45, 2.75) is 38.5 Å². The normalized spacial score (nSPS) is 14.3. The van der Waals surface area contributed by atoms with Crippen molar-refractivity contribution < 1.29 is 9.59 Å². The minimum atomic E-state index is 0.0246. The van der Waals surface area contributed by atoms with Crippen molar-refractivity contribution in [1.29, 1.82) is 0 Å². The summed E-state index contributed by atoms with van der Waals surface area (Å²) in [6.07, 6.45) is 8.31. The van der Waals surface area contributed by atoms with Gasteiger partial charge >= 0.3 is 0 Å². The van der Waals surface area contributed by atoms with Crippen molar-refractivity contribution in [3.63, 3.8) is 0 Å². The van der Waals surface area contributed by atoms with E-state index in [1.165, 1.54) is 0 Å². The Labute approximate surface area is 155 Å². The molecule has 1 aliphatic heterocycles. The van der Waals surface area contributed by atoms with Gasteiger partial charge in [0.15, 0.2) is 0 Å². The van der Waals surface area contributed by atoms with Gasteiger partial charge < -0.3 is 20.9 Å². The number of nitrogens with two attached hydrogens (primary N) is 1. The number of hydrogen-bond acceptors (Lipinski definition) is 6. The van der Waals surface area contributed by atoms with Crippen molar-refractivity contribution in [2.24, 2.45) is 5.73 Å². The van der Waals surface area contributed by atoms with Crippen molar-refractivity contribution in [2.75, 3.05) is 44.2 Å². The number of carbonyl (C=O) groups is 2. The lowest BCUT2D eigenvalue weighted by Gasteiger charge is -2.34. The van der Waals surface area contributed by atoms with Gasteiger partial charge in [0.2, 0.25) is 17.8 Å². The molecule has 0 aromatic carbocycles. The molecule has 0 radical (unpaired) electrons. The van der Waals surface area contributed by atoms with Crippen LogP contribution in [0.4, 0.5) is 5.95 Å². The number of carbonyl (C=O) groups excluding carboxylic acids is 2. The highest BCUT2D eigenvalue weighted by atomic mass is 16.2. The van der Waals surface area contributed by atoms with Gasteiger partial charge in [-0.1, -0.05) is 12.8 Å². The van der Waals surface area contributed by atoms with Gasteiger partial charge in [-0.2, -0.15) is 0 Å². The molecule has 1 aromatic rings. The Kier molecular flexibility index (Phi) is 8.82. The molecule has 3 N–H and O–H groups in total. The fourth-order valence-electron chi connectivity index (χ4n) is 2.95. The van der Waals surface area contributed by atoms with Gasteiger partial charge in [0.1, 0.15) is 0 Å². The molecule has 26 heavy (non-hydrogen) atoms. The third kappa shape index (κ3) is 6.95. The fourth-order valence-corrected chi connectivity index (χ4v) is 2.95. The summed E-state index contributed by atoms with van der Waals surface area (Å²) in [6.45, 7) is 3.89. The minimum absolute atomic E-state index is 0.0246. The first-order valence-electron chi connectivity index (χ1n) is 9.47. The molecule has 8 heteroatoms. The van der Waals surface area contributed by atoms with Crippen LogP contribution in [0, 0.1) is 0 Å². The van der Waals surface area contributed by atoms with Crippen LogP contribution in [-0.2, 0) is 9.59 Å². The van der Waals surface area contributed by atoms with E-state index in [0.717, 1.165) is 38.8 Å². The third-order valence-electron chi connectivity index (χ3n) is 4.49. The highest BCUT2D eigenvalue weighted by Crippen LogP contribution is 2.10. The van der Waals surface area contributed by atoms with E-state index in [-0.39, 0.29) is 11.8 Å². The van der Waals surface area contributed by atoms with Crippen LogP contribution in [-0.4, -0.2) is 66.0 Å². The quantitative estimate of drug-likeness (QED) is 0.589. The highest BCUT2D eigenvalue weighted by Gasteiger charge is 2.22. The van der Waals surface area contributed by atoms with Gasteiger partial charge in [-0.25, -0.2) is 9.97 Å². The molecule has 1 aromatic heterocycles. The van der Waals surface area contributed by atoms with Crippen molar-refractivity contribution >= 4 is 17.8 Å². The molecular weight excluding hydrogens is 332 g/mol. The summed E-state index contributed by atoms with van der Waals surface area (Å²) in [7, 11) is 0. The minimum Gasteiger partial charge on any atom is -0.356 e. The average Bonchev–Trinajstić information content (AvgIpc) is 2.68. The number of anilines is 1. The van der Waals surface area contributed by atoms with E-state index in [0.29, 0.717) is 45.0 Å². The lowest BCUT2D eigenvalue weighted by molar-refractivity contribution is -0.131. The highest BCUT2D eigenvalue weighted by molar-refractivity contribution is 5.79. The third-order valence-corrected chi connectivity index (χ3v) is 4.49. The Bertz CT molecular complexity index is 546. The molecule has 0 saturated carbocycles. The Hall–Kier alpha value is -2.22. The van der Waals surface area contributed by atoms with E-state index < -0.39 is 0 Å². The zero-order valence-corrected chi connectivity index (χ0v) is 15.4. The summed E-state index contributed by atoms with van der Waals surface area (Å²) in [6, 6.07) is 1.79. The Morgan fingerprint density at radius 3 is 2.38 bits per heavy atom. The lowest BCUT2D eigenvalue weighted by atomic mass is 10.1. The molecule has 1 aliphatic rings. The van der Waals surface area contributed by atoms with Crippen LogP contribution >= 0.6 is 0 Å². The van der Waals surface area contributed by atoms with Crippen LogP contribution in [0.1, 0.15) is 38.5 Å². The summed E-state index contributed by atoms with van der Waals surface area (Å²) in [5, 5.41) is 2.84. The maximum Gasteiger partial charge on any atom is 0.225 e. The SMILES string of the molecule is NCCCCCCC(=O)NCCC(=O)N1CCN(c2ncccn2)CC1. The van der Waals surface area contributed by atoms with E-state index >= 15 is 0 Å². The molecule has 2 rings (SSSR count). The Morgan fingerprint density at radius 1 is 1.00 bits per heavy atom. The first-order valence-corrected chi connectivity index (χ1v) is 9.47. The number of rotatable bonds is 10. The summed E-state index contributed by atoms with van der Waals surface area (Å²) in [5.74, 6) is 0.816. The first kappa shape index (κ1) is 20.1. The van der Waals surface area contributed by atoms with E-state index in [1.807, 2.05) is 4.90 Å². The van der Waals surface area contributed by atoms with E-state index in [4.69, 9.17) is 5.73 Å². The number of unbranched alkanes of at least 4 members (excludes halogenated alkanes) is 3. The zero-order valence-electron chi connectivity index (χ0n) is 15.4. The molecule has 144 valence electrons. The standard InChI is InChI=1S/C18H30N6O2/c19-8-4-2-1-3-6-16(25)20-11-7-17(26)23-12-14-24(15-13-23)18-21-9-5-10-22-18/h5,9-10H,1-4,6-8,11-15,19H2,(H,20,25). The number of piperazine rings is 1. The maximum atomic E-state index is 12.3. The molecule has 0 aliphatic carbocycles. The number of nitrogens with one attached hydrogen (secondary N) is 1. The van der Waals surface area contributed by atoms with Crippen LogP contribution < -0.4 is 16.0 Å². The zero-order chi connectivity index (χ0) is 18.6. The molecule has 0 spiro atoms. The van der Waals surface area contributed by atoms with Crippen molar-refractivity contribution in [1.82, 2.24) is 20.2 Å². The van der Waals surface area contributed by atoms with Gasteiger partial charge in [-0.15, -0.1) is 0 Å². The molecular formula is C18H30N6O2. The Morgan fingerprint density at radius 2 is 1.69 bits per heavy atom. The fraction of sp³-hybridized carbons (Fsp3) is 0.667. The van der Waals surface area contributed by atoms with Crippen LogP contribution in [0.25, 0.3) is 0 Å². The van der Waals surface area contributed by atoms with Crippen LogP contribution in [0.15, 0.2) is 18.5 Å². The molecule has 2 heterocycles. The van der Waals surface area contributed by atoms with Gasteiger partial charge in [0.05, 0.1) is 0 Å². The number of hydrogen-bond donors (Lipinski definition) is 2.